The molecule has 0 radical (unpaired) electrons. The monoisotopic (exact) mass is 704 g/mol. The van der Waals surface area contributed by atoms with Crippen LogP contribution in [0, 0.1) is 51.0 Å². The molecule has 0 amide bonds. The maximum atomic E-state index is 17.7. The Bertz CT molecular complexity index is 1930. The summed E-state index contributed by atoms with van der Waals surface area (Å²) in [6.45, 7) is 8.92. The second-order valence-corrected chi connectivity index (χ2v) is 19.8. The second kappa shape index (κ2) is 13.6. The quantitative estimate of drug-likeness (QED) is 0.123. The van der Waals surface area contributed by atoms with Gasteiger partial charge in [-0.2, -0.15) is 0 Å². The van der Waals surface area contributed by atoms with Crippen LogP contribution in [0.1, 0.15) is 46.7 Å². The molecule has 0 aliphatic heterocycles. The number of allylic oxidation sites excluding steroid dienone is 8. The summed E-state index contributed by atoms with van der Waals surface area (Å²) in [5.74, 6) is -3.12. The Labute approximate surface area is 290 Å². The van der Waals surface area contributed by atoms with E-state index in [1.807, 2.05) is 114 Å². The average Bonchev–Trinajstić information content (AvgIpc) is 3.84. The van der Waals surface area contributed by atoms with Crippen LogP contribution in [-0.4, -0.2) is 47.1 Å². The summed E-state index contributed by atoms with van der Waals surface area (Å²) in [6.07, 6.45) is 11.8. The second-order valence-electron chi connectivity index (χ2n) is 13.8. The number of aryl methyl sites for hydroxylation is 2. The van der Waals surface area contributed by atoms with Crippen LogP contribution >= 0.6 is 0 Å². The minimum atomic E-state index is -5.05. The summed E-state index contributed by atoms with van der Waals surface area (Å²) < 4.78 is 73.6. The van der Waals surface area contributed by atoms with Crippen LogP contribution in [0.15, 0.2) is 80.6 Å². The van der Waals surface area contributed by atoms with E-state index in [9.17, 15) is 0 Å². The summed E-state index contributed by atoms with van der Waals surface area (Å²) in [5.41, 5.74) is 5.62. The van der Waals surface area contributed by atoms with Gasteiger partial charge in [-0.1, -0.05) is 0 Å². The first-order valence-electron chi connectivity index (χ1n) is 16.6. The van der Waals surface area contributed by atoms with Gasteiger partial charge in [0.05, 0.1) is 0 Å². The maximum absolute atomic E-state index is 17.7. The standard InChI is InChI=1S/2C15H17F2N2.2C5H5.Ti/c2*1-10-7-12(9-18(3)4)11(2)19(10)15-6-5-13(16)8-14(15)17;2*1-2-4-5-3-1;/h2*5-7H,9H2,1-4H3;2*1-3H,4H2;. The van der Waals surface area contributed by atoms with Crippen molar-refractivity contribution in [3.8, 4) is 11.4 Å². The Balaban J connectivity index is 1.71. The van der Waals surface area contributed by atoms with Crippen molar-refractivity contribution in [2.75, 3.05) is 28.2 Å². The number of rotatable bonds is 10. The van der Waals surface area contributed by atoms with Crippen molar-refractivity contribution in [2.24, 2.45) is 0 Å². The summed E-state index contributed by atoms with van der Waals surface area (Å²) in [6, 6.07) is 9.47. The minimum absolute atomic E-state index is 0.173. The van der Waals surface area contributed by atoms with Crippen LogP contribution in [-0.2, 0) is 29.7 Å². The molecule has 4 aromatic rings. The van der Waals surface area contributed by atoms with Crippen LogP contribution < -0.4 is 7.74 Å². The fourth-order valence-corrected chi connectivity index (χ4v) is 16.2. The predicted octanol–water partition coefficient (Wildman–Crippen LogP) is 7.97. The van der Waals surface area contributed by atoms with Crippen molar-refractivity contribution in [3.63, 3.8) is 0 Å². The van der Waals surface area contributed by atoms with E-state index in [1.54, 1.807) is 9.13 Å². The van der Waals surface area contributed by atoms with Gasteiger partial charge in [-0.05, 0) is 0 Å². The predicted molar refractivity (Wildman–Crippen MR) is 188 cm³/mol. The first-order chi connectivity index (χ1) is 23.3. The molecule has 0 fully saturated rings. The van der Waals surface area contributed by atoms with E-state index in [0.29, 0.717) is 33.7 Å². The Kier molecular flexibility index (Phi) is 9.72. The molecule has 0 atom stereocenters. The van der Waals surface area contributed by atoms with Gasteiger partial charge in [0.15, 0.2) is 0 Å². The molecule has 2 aromatic heterocycles. The number of nitrogens with zero attached hydrogens (tertiary/aromatic N) is 4. The average molecular weight is 705 g/mol. The van der Waals surface area contributed by atoms with Gasteiger partial charge >= 0.3 is 292 Å². The summed E-state index contributed by atoms with van der Waals surface area (Å²) >= 11 is -5.05. The van der Waals surface area contributed by atoms with Gasteiger partial charge in [-0.25, -0.2) is 0 Å². The number of halogens is 4. The normalized spacial score (nSPS) is 14.6. The van der Waals surface area contributed by atoms with E-state index >= 15 is 17.6 Å². The van der Waals surface area contributed by atoms with Gasteiger partial charge in [-0.3, -0.25) is 0 Å². The van der Waals surface area contributed by atoms with Crippen molar-refractivity contribution in [1.82, 2.24) is 18.9 Å². The van der Waals surface area contributed by atoms with E-state index in [-0.39, 0.29) is 19.1 Å². The Morgan fingerprint density at radius 3 is 1.33 bits per heavy atom. The van der Waals surface area contributed by atoms with Crippen LogP contribution in [0.3, 0.4) is 0 Å². The van der Waals surface area contributed by atoms with Crippen LogP contribution in [0.2, 0.25) is 0 Å². The zero-order valence-electron chi connectivity index (χ0n) is 29.6. The van der Waals surface area contributed by atoms with E-state index in [2.05, 4.69) is 0 Å². The summed E-state index contributed by atoms with van der Waals surface area (Å²) in [7, 11) is 7.87. The van der Waals surface area contributed by atoms with E-state index in [0.717, 1.165) is 33.9 Å². The molecule has 2 heterocycles. The molecule has 0 unspecified atom stereocenters. The molecule has 0 N–H and O–H groups in total. The number of hydrogen-bond acceptors (Lipinski definition) is 2. The fraction of sp³-hybridized carbons (Fsp3) is 0.300. The zero-order chi connectivity index (χ0) is 35.4. The molecule has 0 saturated carbocycles. The Morgan fingerprint density at radius 1 is 0.612 bits per heavy atom. The van der Waals surface area contributed by atoms with Crippen molar-refractivity contribution in [2.45, 2.75) is 53.6 Å². The van der Waals surface area contributed by atoms with Crippen molar-refractivity contribution >= 4 is 7.74 Å². The number of aromatic nitrogens is 2. The van der Waals surface area contributed by atoms with Gasteiger partial charge in [0.25, 0.3) is 0 Å². The van der Waals surface area contributed by atoms with E-state index in [1.165, 1.54) is 24.3 Å². The molecule has 0 saturated heterocycles. The third-order valence-corrected chi connectivity index (χ3v) is 17.9. The molecule has 4 nitrogen and oxygen atoms in total. The Hall–Kier alpha value is -3.69. The van der Waals surface area contributed by atoms with Crippen LogP contribution in [0.5, 0.6) is 0 Å². The molecule has 2 aliphatic carbocycles. The van der Waals surface area contributed by atoms with Gasteiger partial charge in [-0.15, -0.1) is 0 Å². The van der Waals surface area contributed by atoms with Crippen LogP contribution in [0.25, 0.3) is 11.4 Å². The summed E-state index contributed by atoms with van der Waals surface area (Å²) in [4.78, 5) is 4.07. The molecule has 256 valence electrons. The van der Waals surface area contributed by atoms with Crippen LogP contribution in [0.4, 0.5) is 17.6 Å². The molecule has 6 rings (SSSR count). The van der Waals surface area contributed by atoms with Gasteiger partial charge in [0, 0.05) is 0 Å². The van der Waals surface area contributed by atoms with Crippen molar-refractivity contribution < 1.29 is 34.2 Å². The molecule has 49 heavy (non-hydrogen) atoms. The van der Waals surface area contributed by atoms with Gasteiger partial charge in [0.1, 0.15) is 0 Å². The molecule has 0 spiro atoms. The third-order valence-electron chi connectivity index (χ3n) is 9.92. The number of hydrogen-bond donors (Lipinski definition) is 0. The molecular weight excluding hydrogens is 660 g/mol. The SMILES string of the molecule is Cc1cc(CN(C)C)c(C)n1-c1ccc(F)[c]([Ti]([C]2=CC=CC2)([C]2=CC=CC2)[c]2c(F)ccc(-n3c(C)cc(CN(C)C)c3C)c2F)c1F. The zero-order valence-corrected chi connectivity index (χ0v) is 31.1. The van der Waals surface area contributed by atoms with Crippen molar-refractivity contribution in [1.29, 1.82) is 0 Å². The third kappa shape index (κ3) is 5.86. The molecule has 2 aliphatic rings. The molecule has 9 heteroatoms. The summed E-state index contributed by atoms with van der Waals surface area (Å²) in [5, 5.41) is 0. The van der Waals surface area contributed by atoms with Gasteiger partial charge in [0.2, 0.25) is 0 Å². The van der Waals surface area contributed by atoms with Crippen molar-refractivity contribution in [3.05, 3.63) is 138 Å². The van der Waals surface area contributed by atoms with E-state index < -0.39 is 39.9 Å². The first-order valence-corrected chi connectivity index (χ1v) is 19.8. The molecular formula is C40H44F4N4Ti. The Morgan fingerprint density at radius 2 is 1.00 bits per heavy atom. The number of benzene rings is 2. The first kappa shape index (κ1) is 35.2. The topological polar surface area (TPSA) is 16.3 Å². The fourth-order valence-electron chi connectivity index (χ4n) is 7.94. The molecule has 2 aromatic carbocycles. The van der Waals surface area contributed by atoms with Gasteiger partial charge < -0.3 is 0 Å². The molecule has 0 bridgehead atoms. The van der Waals surface area contributed by atoms with E-state index in [4.69, 9.17) is 0 Å².